The second kappa shape index (κ2) is 4.97. The summed E-state index contributed by atoms with van der Waals surface area (Å²) in [5.41, 5.74) is 9.29. The lowest BCUT2D eigenvalue weighted by atomic mass is 10.1. The summed E-state index contributed by atoms with van der Waals surface area (Å²) in [5, 5.41) is 6.65. The van der Waals surface area contributed by atoms with Crippen LogP contribution in [0.3, 0.4) is 0 Å². The molecular weight excluding hydrogens is 369 g/mol. The number of halogens is 1. The standard InChI is InChI=1S/C14H12IN3S/c1-18-14(16)12(11-7-4-8-19-11)13(17-18)9-5-2-3-6-10(9)15/h2-8H,16H2,1H3. The molecule has 1 aromatic carbocycles. The maximum Gasteiger partial charge on any atom is 0.130 e. The van der Waals surface area contributed by atoms with Gasteiger partial charge in [-0.1, -0.05) is 24.3 Å². The number of rotatable bonds is 2. The van der Waals surface area contributed by atoms with Crippen molar-refractivity contribution in [3.63, 3.8) is 0 Å². The summed E-state index contributed by atoms with van der Waals surface area (Å²) in [6, 6.07) is 12.3. The van der Waals surface area contributed by atoms with Gasteiger partial charge in [-0.05, 0) is 40.1 Å². The topological polar surface area (TPSA) is 43.8 Å². The zero-order valence-electron chi connectivity index (χ0n) is 10.3. The van der Waals surface area contributed by atoms with E-state index in [1.807, 2.05) is 25.2 Å². The van der Waals surface area contributed by atoms with Crippen LogP contribution in [0.4, 0.5) is 5.82 Å². The highest BCUT2D eigenvalue weighted by atomic mass is 127. The van der Waals surface area contributed by atoms with E-state index in [0.717, 1.165) is 21.7 Å². The van der Waals surface area contributed by atoms with E-state index in [1.54, 1.807) is 16.0 Å². The molecule has 2 aromatic heterocycles. The van der Waals surface area contributed by atoms with Gasteiger partial charge in [-0.15, -0.1) is 11.3 Å². The van der Waals surface area contributed by atoms with Crippen molar-refractivity contribution in [3.8, 4) is 21.7 Å². The van der Waals surface area contributed by atoms with Crippen LogP contribution >= 0.6 is 33.9 Å². The molecule has 0 radical (unpaired) electrons. The van der Waals surface area contributed by atoms with Gasteiger partial charge >= 0.3 is 0 Å². The highest BCUT2D eigenvalue weighted by molar-refractivity contribution is 14.1. The minimum atomic E-state index is 0.706. The quantitative estimate of drug-likeness (QED) is 0.682. The Morgan fingerprint density at radius 2 is 2.00 bits per heavy atom. The molecule has 3 aromatic rings. The lowest BCUT2D eigenvalue weighted by Crippen LogP contribution is -1.97. The van der Waals surface area contributed by atoms with Crippen LogP contribution < -0.4 is 5.73 Å². The first kappa shape index (κ1) is 12.7. The molecule has 3 rings (SSSR count). The van der Waals surface area contributed by atoms with Gasteiger partial charge in [-0.25, -0.2) is 0 Å². The van der Waals surface area contributed by atoms with Crippen LogP contribution in [0.2, 0.25) is 0 Å². The van der Waals surface area contributed by atoms with E-state index in [9.17, 15) is 0 Å². The Labute approximate surface area is 129 Å². The highest BCUT2D eigenvalue weighted by Gasteiger charge is 2.19. The second-order valence-corrected chi connectivity index (χ2v) is 6.30. The number of thiophene rings is 1. The third-order valence-corrected chi connectivity index (χ3v) is 4.82. The van der Waals surface area contributed by atoms with Crippen LogP contribution in [0, 0.1) is 3.57 Å². The highest BCUT2D eigenvalue weighted by Crippen LogP contribution is 2.39. The average molecular weight is 381 g/mol. The third-order valence-electron chi connectivity index (χ3n) is 2.99. The second-order valence-electron chi connectivity index (χ2n) is 4.19. The number of anilines is 1. The molecule has 0 amide bonds. The summed E-state index contributed by atoms with van der Waals surface area (Å²) in [7, 11) is 1.88. The molecule has 2 N–H and O–H groups in total. The van der Waals surface area contributed by atoms with Gasteiger partial charge in [-0.3, -0.25) is 4.68 Å². The molecular formula is C14H12IN3S. The summed E-state index contributed by atoms with van der Waals surface area (Å²) in [6.07, 6.45) is 0. The monoisotopic (exact) mass is 381 g/mol. The van der Waals surface area contributed by atoms with E-state index < -0.39 is 0 Å². The number of nitrogens with two attached hydrogens (primary N) is 1. The van der Waals surface area contributed by atoms with Gasteiger partial charge in [0.1, 0.15) is 11.5 Å². The minimum Gasteiger partial charge on any atom is -0.383 e. The number of aryl methyl sites for hydroxylation is 1. The predicted molar refractivity (Wildman–Crippen MR) is 89.1 cm³/mol. The molecule has 0 saturated heterocycles. The first-order chi connectivity index (χ1) is 9.18. The van der Waals surface area contributed by atoms with Crippen molar-refractivity contribution in [2.24, 2.45) is 7.05 Å². The summed E-state index contributed by atoms with van der Waals surface area (Å²) in [6.45, 7) is 0. The smallest absolute Gasteiger partial charge is 0.130 e. The Morgan fingerprint density at radius 1 is 1.21 bits per heavy atom. The molecule has 96 valence electrons. The molecule has 0 aliphatic carbocycles. The van der Waals surface area contributed by atoms with Gasteiger partial charge < -0.3 is 5.73 Å². The van der Waals surface area contributed by atoms with Crippen molar-refractivity contribution in [1.82, 2.24) is 9.78 Å². The minimum absolute atomic E-state index is 0.706. The molecule has 19 heavy (non-hydrogen) atoms. The molecule has 0 unspecified atom stereocenters. The van der Waals surface area contributed by atoms with Crippen molar-refractivity contribution >= 4 is 39.7 Å². The first-order valence-electron chi connectivity index (χ1n) is 5.79. The fourth-order valence-corrected chi connectivity index (χ4v) is 3.47. The van der Waals surface area contributed by atoms with E-state index in [-0.39, 0.29) is 0 Å². The van der Waals surface area contributed by atoms with Gasteiger partial charge in [0, 0.05) is 21.1 Å². The number of hydrogen-bond acceptors (Lipinski definition) is 3. The Balaban J connectivity index is 2.29. The van der Waals surface area contributed by atoms with Gasteiger partial charge in [-0.2, -0.15) is 5.10 Å². The molecule has 0 saturated carbocycles. The van der Waals surface area contributed by atoms with E-state index in [2.05, 4.69) is 51.3 Å². The van der Waals surface area contributed by atoms with Crippen molar-refractivity contribution in [1.29, 1.82) is 0 Å². The van der Waals surface area contributed by atoms with Crippen LogP contribution in [0.1, 0.15) is 0 Å². The maximum atomic E-state index is 6.19. The van der Waals surface area contributed by atoms with Crippen molar-refractivity contribution in [2.75, 3.05) is 5.73 Å². The zero-order valence-corrected chi connectivity index (χ0v) is 13.3. The summed E-state index contributed by atoms with van der Waals surface area (Å²) < 4.78 is 2.92. The Morgan fingerprint density at radius 3 is 2.68 bits per heavy atom. The lowest BCUT2D eigenvalue weighted by molar-refractivity contribution is 0.782. The molecule has 0 fully saturated rings. The van der Waals surface area contributed by atoms with Gasteiger partial charge in [0.2, 0.25) is 0 Å². The van der Waals surface area contributed by atoms with E-state index in [1.165, 1.54) is 3.57 Å². The number of hydrogen-bond donors (Lipinski definition) is 1. The van der Waals surface area contributed by atoms with Gasteiger partial charge in [0.25, 0.3) is 0 Å². The van der Waals surface area contributed by atoms with Crippen molar-refractivity contribution in [3.05, 3.63) is 45.3 Å². The molecule has 0 spiro atoms. The van der Waals surface area contributed by atoms with Gasteiger partial charge in [0.15, 0.2) is 0 Å². The molecule has 0 bridgehead atoms. The number of nitrogens with zero attached hydrogens (tertiary/aromatic N) is 2. The largest absolute Gasteiger partial charge is 0.383 e. The SMILES string of the molecule is Cn1nc(-c2ccccc2I)c(-c2cccs2)c1N. The fourth-order valence-electron chi connectivity index (χ4n) is 2.04. The normalized spacial score (nSPS) is 10.8. The van der Waals surface area contributed by atoms with Crippen LogP contribution in [-0.2, 0) is 7.05 Å². The van der Waals surface area contributed by atoms with E-state index >= 15 is 0 Å². The maximum absolute atomic E-state index is 6.19. The van der Waals surface area contributed by atoms with E-state index in [4.69, 9.17) is 5.73 Å². The van der Waals surface area contributed by atoms with Crippen LogP contribution in [0.5, 0.6) is 0 Å². The molecule has 2 heterocycles. The first-order valence-corrected chi connectivity index (χ1v) is 7.75. The lowest BCUT2D eigenvalue weighted by Gasteiger charge is -2.03. The Hall–Kier alpha value is -1.34. The molecule has 0 aliphatic heterocycles. The molecule has 5 heteroatoms. The van der Waals surface area contributed by atoms with Crippen molar-refractivity contribution in [2.45, 2.75) is 0 Å². The van der Waals surface area contributed by atoms with Crippen LogP contribution in [-0.4, -0.2) is 9.78 Å². The predicted octanol–water partition coefficient (Wildman–Crippen LogP) is 4.00. The van der Waals surface area contributed by atoms with Crippen molar-refractivity contribution < 1.29 is 0 Å². The number of aromatic nitrogens is 2. The fraction of sp³-hybridized carbons (Fsp3) is 0.0714. The summed E-state index contributed by atoms with van der Waals surface area (Å²) in [4.78, 5) is 1.15. The van der Waals surface area contributed by atoms with E-state index in [0.29, 0.717) is 5.82 Å². The Kier molecular flexibility index (Phi) is 3.32. The molecule has 3 nitrogen and oxygen atoms in total. The summed E-state index contributed by atoms with van der Waals surface area (Å²) in [5.74, 6) is 0.706. The van der Waals surface area contributed by atoms with Crippen LogP contribution in [0.25, 0.3) is 21.7 Å². The van der Waals surface area contributed by atoms with Crippen LogP contribution in [0.15, 0.2) is 41.8 Å². The number of nitrogen functional groups attached to an aromatic ring is 1. The summed E-state index contributed by atoms with van der Waals surface area (Å²) >= 11 is 4.02. The third kappa shape index (κ3) is 2.17. The number of benzene rings is 1. The van der Waals surface area contributed by atoms with Gasteiger partial charge in [0.05, 0.1) is 5.56 Å². The average Bonchev–Trinajstić information content (AvgIpc) is 3.00. The Bertz CT molecular complexity index is 716. The molecule has 0 aliphatic rings. The molecule has 0 atom stereocenters. The zero-order chi connectivity index (χ0) is 13.4.